The Kier molecular flexibility index (Phi) is 2.65. The van der Waals surface area contributed by atoms with Gasteiger partial charge in [-0.05, 0) is 43.8 Å². The number of nitrogens with one attached hydrogen (secondary N) is 1. The first-order chi connectivity index (χ1) is 6.31. The molecule has 0 aromatic carbocycles. The fourth-order valence-electron chi connectivity index (χ4n) is 2.92. The number of rotatable bonds is 2. The lowest BCUT2D eigenvalue weighted by Crippen LogP contribution is -2.48. The van der Waals surface area contributed by atoms with E-state index in [1.165, 1.54) is 0 Å². The molecule has 74 valence electrons. The van der Waals surface area contributed by atoms with Gasteiger partial charge in [-0.25, -0.2) is 0 Å². The molecular weight excluding hydrogens is 164 g/mol. The van der Waals surface area contributed by atoms with Crippen LogP contribution in [0.25, 0.3) is 0 Å². The summed E-state index contributed by atoms with van der Waals surface area (Å²) in [6, 6.07) is 0. The van der Waals surface area contributed by atoms with E-state index in [4.69, 9.17) is 5.73 Å². The number of carbonyl (C=O) groups is 1. The number of piperidine rings is 1. The summed E-state index contributed by atoms with van der Waals surface area (Å²) in [6.45, 7) is 2.81. The van der Waals surface area contributed by atoms with Gasteiger partial charge in [0.1, 0.15) is 5.78 Å². The lowest BCUT2D eigenvalue weighted by atomic mass is 9.68. The van der Waals surface area contributed by atoms with Gasteiger partial charge in [0, 0.05) is 12.8 Å². The third kappa shape index (κ3) is 1.76. The molecule has 0 spiro atoms. The molecule has 1 saturated heterocycles. The molecule has 1 aliphatic heterocycles. The van der Waals surface area contributed by atoms with Gasteiger partial charge < -0.3 is 11.1 Å². The van der Waals surface area contributed by atoms with Crippen molar-refractivity contribution < 1.29 is 4.79 Å². The number of carbonyl (C=O) groups excluding carboxylic acids is 1. The maximum Gasteiger partial charge on any atom is 0.133 e. The number of Topliss-reactive ketones (excluding diaryl/α,β-unsaturated/α-hetero) is 1. The third-order valence-corrected chi connectivity index (χ3v) is 3.50. The van der Waals surface area contributed by atoms with E-state index in [0.29, 0.717) is 23.5 Å². The average Bonchev–Trinajstić information content (AvgIpc) is 2.07. The van der Waals surface area contributed by atoms with E-state index in [1.54, 1.807) is 0 Å². The highest BCUT2D eigenvalue weighted by atomic mass is 16.1. The van der Waals surface area contributed by atoms with Crippen molar-refractivity contribution in [2.45, 2.75) is 19.3 Å². The standard InChI is InChI=1S/C10H18N2O/c11-2-1-10-7-3-9(13)4-8(10)6-12-5-7/h7-8,10,12H,1-6,11H2. The molecule has 3 heteroatoms. The molecular formula is C10H18N2O. The number of ketones is 1. The highest BCUT2D eigenvalue weighted by Gasteiger charge is 2.38. The average molecular weight is 182 g/mol. The Bertz CT molecular complexity index is 189. The van der Waals surface area contributed by atoms with Gasteiger partial charge >= 0.3 is 0 Å². The van der Waals surface area contributed by atoms with Crippen LogP contribution in [0, 0.1) is 17.8 Å². The van der Waals surface area contributed by atoms with Crippen LogP contribution in [0.4, 0.5) is 0 Å². The second-order valence-electron chi connectivity index (χ2n) is 4.37. The fourth-order valence-corrected chi connectivity index (χ4v) is 2.92. The lowest BCUT2D eigenvalue weighted by molar-refractivity contribution is -0.125. The summed E-state index contributed by atoms with van der Waals surface area (Å²) >= 11 is 0. The summed E-state index contributed by atoms with van der Waals surface area (Å²) in [5.74, 6) is 2.32. The molecule has 2 bridgehead atoms. The molecule has 2 unspecified atom stereocenters. The molecule has 3 N–H and O–H groups in total. The van der Waals surface area contributed by atoms with Gasteiger partial charge in [-0.2, -0.15) is 0 Å². The van der Waals surface area contributed by atoms with Crippen molar-refractivity contribution in [1.29, 1.82) is 0 Å². The van der Waals surface area contributed by atoms with E-state index < -0.39 is 0 Å². The van der Waals surface area contributed by atoms with Crippen LogP contribution in [-0.4, -0.2) is 25.4 Å². The maximum atomic E-state index is 11.4. The van der Waals surface area contributed by atoms with E-state index in [1.807, 2.05) is 0 Å². The Hall–Kier alpha value is -0.410. The lowest BCUT2D eigenvalue weighted by Gasteiger charge is -2.42. The Labute approximate surface area is 79.1 Å². The van der Waals surface area contributed by atoms with Crippen LogP contribution in [0.2, 0.25) is 0 Å². The summed E-state index contributed by atoms with van der Waals surface area (Å²) < 4.78 is 0. The van der Waals surface area contributed by atoms with Crippen molar-refractivity contribution in [1.82, 2.24) is 5.32 Å². The monoisotopic (exact) mass is 182 g/mol. The normalized spacial score (nSPS) is 39.2. The zero-order valence-electron chi connectivity index (χ0n) is 7.96. The Balaban J connectivity index is 2.05. The number of hydrogen-bond acceptors (Lipinski definition) is 3. The van der Waals surface area contributed by atoms with Crippen LogP contribution in [-0.2, 0) is 4.79 Å². The highest BCUT2D eigenvalue weighted by molar-refractivity contribution is 5.80. The molecule has 0 radical (unpaired) electrons. The molecule has 1 aliphatic carbocycles. The van der Waals surface area contributed by atoms with Crippen molar-refractivity contribution >= 4 is 5.78 Å². The second-order valence-corrected chi connectivity index (χ2v) is 4.37. The summed E-state index contributed by atoms with van der Waals surface area (Å²) in [5, 5.41) is 3.40. The first kappa shape index (κ1) is 9.16. The minimum absolute atomic E-state index is 0.463. The molecule has 0 amide bonds. The van der Waals surface area contributed by atoms with Crippen molar-refractivity contribution in [3.8, 4) is 0 Å². The third-order valence-electron chi connectivity index (χ3n) is 3.50. The van der Waals surface area contributed by atoms with Gasteiger partial charge in [-0.15, -0.1) is 0 Å². The second kappa shape index (κ2) is 3.76. The Morgan fingerprint density at radius 2 is 1.92 bits per heavy atom. The van der Waals surface area contributed by atoms with Gasteiger partial charge in [0.2, 0.25) is 0 Å². The molecule has 2 rings (SSSR count). The van der Waals surface area contributed by atoms with Crippen LogP contribution < -0.4 is 11.1 Å². The van der Waals surface area contributed by atoms with Gasteiger partial charge in [0.25, 0.3) is 0 Å². The predicted octanol–water partition coefficient (Wildman–Crippen LogP) is 0.150. The SMILES string of the molecule is NCCC1C2CNCC1CC(=O)C2. The molecule has 1 saturated carbocycles. The van der Waals surface area contributed by atoms with Gasteiger partial charge in [0.05, 0.1) is 0 Å². The zero-order chi connectivity index (χ0) is 9.26. The van der Waals surface area contributed by atoms with E-state index in [-0.39, 0.29) is 0 Å². The van der Waals surface area contributed by atoms with Crippen molar-refractivity contribution in [3.05, 3.63) is 0 Å². The van der Waals surface area contributed by atoms with Crippen LogP contribution in [0.1, 0.15) is 19.3 Å². The Morgan fingerprint density at radius 1 is 1.31 bits per heavy atom. The molecule has 3 nitrogen and oxygen atoms in total. The van der Waals surface area contributed by atoms with Crippen molar-refractivity contribution in [2.24, 2.45) is 23.5 Å². The first-order valence-corrected chi connectivity index (χ1v) is 5.23. The molecule has 2 aliphatic rings. The maximum absolute atomic E-state index is 11.4. The van der Waals surface area contributed by atoms with Gasteiger partial charge in [-0.3, -0.25) is 4.79 Å². The Morgan fingerprint density at radius 3 is 2.46 bits per heavy atom. The predicted molar refractivity (Wildman–Crippen MR) is 51.3 cm³/mol. The van der Waals surface area contributed by atoms with Crippen LogP contribution in [0.15, 0.2) is 0 Å². The van der Waals surface area contributed by atoms with E-state index >= 15 is 0 Å². The minimum atomic E-state index is 0.463. The van der Waals surface area contributed by atoms with E-state index in [2.05, 4.69) is 5.32 Å². The molecule has 0 aromatic rings. The van der Waals surface area contributed by atoms with E-state index in [9.17, 15) is 4.79 Å². The molecule has 13 heavy (non-hydrogen) atoms. The summed E-state index contributed by atoms with van der Waals surface area (Å²) in [4.78, 5) is 11.4. The van der Waals surface area contributed by atoms with Gasteiger partial charge in [0.15, 0.2) is 0 Å². The minimum Gasteiger partial charge on any atom is -0.330 e. The van der Waals surface area contributed by atoms with Crippen LogP contribution >= 0.6 is 0 Å². The summed E-state index contributed by atoms with van der Waals surface area (Å²) in [7, 11) is 0. The number of nitrogens with two attached hydrogens (primary N) is 1. The van der Waals surface area contributed by atoms with Crippen molar-refractivity contribution in [3.63, 3.8) is 0 Å². The van der Waals surface area contributed by atoms with Crippen LogP contribution in [0.5, 0.6) is 0 Å². The number of fused-ring (bicyclic) bond motifs is 2. The number of hydrogen-bond donors (Lipinski definition) is 2. The topological polar surface area (TPSA) is 55.1 Å². The highest BCUT2D eigenvalue weighted by Crippen LogP contribution is 2.36. The first-order valence-electron chi connectivity index (χ1n) is 5.23. The zero-order valence-corrected chi connectivity index (χ0v) is 7.96. The summed E-state index contributed by atoms with van der Waals surface area (Å²) in [5.41, 5.74) is 5.59. The molecule has 2 atom stereocenters. The molecule has 1 heterocycles. The quantitative estimate of drug-likeness (QED) is 0.639. The van der Waals surface area contributed by atoms with Gasteiger partial charge in [-0.1, -0.05) is 0 Å². The van der Waals surface area contributed by atoms with Crippen molar-refractivity contribution in [2.75, 3.05) is 19.6 Å². The smallest absolute Gasteiger partial charge is 0.133 e. The molecule has 0 aromatic heterocycles. The van der Waals surface area contributed by atoms with E-state index in [0.717, 1.165) is 38.9 Å². The fraction of sp³-hybridized carbons (Fsp3) is 0.900. The molecule has 2 fully saturated rings. The van der Waals surface area contributed by atoms with Crippen LogP contribution in [0.3, 0.4) is 0 Å². The largest absolute Gasteiger partial charge is 0.330 e. The summed E-state index contributed by atoms with van der Waals surface area (Å²) in [6.07, 6.45) is 2.67.